The largest absolute Gasteiger partial charge is 0.456 e. The second-order valence-electron chi connectivity index (χ2n) is 12.6. The molecule has 0 bridgehead atoms. The first-order valence-electron chi connectivity index (χ1n) is 15.7. The predicted octanol–water partition coefficient (Wildman–Crippen LogP) is 11.4. The van der Waals surface area contributed by atoms with Gasteiger partial charge >= 0.3 is 0 Å². The molecule has 0 saturated carbocycles. The van der Waals surface area contributed by atoms with Gasteiger partial charge in [0, 0.05) is 32.9 Å². The van der Waals surface area contributed by atoms with Crippen LogP contribution in [0.4, 0.5) is 0 Å². The summed E-state index contributed by atoms with van der Waals surface area (Å²) in [5.74, 6) is 0.718. The van der Waals surface area contributed by atoms with E-state index in [-0.39, 0.29) is 5.41 Å². The Morgan fingerprint density at radius 1 is 0.478 bits per heavy atom. The Bertz CT molecular complexity index is 2380. The number of benzene rings is 6. The number of hydrogen-bond donors (Lipinski definition) is 0. The van der Waals surface area contributed by atoms with E-state index >= 15 is 0 Å². The minimum atomic E-state index is -0.111. The van der Waals surface area contributed by atoms with Crippen LogP contribution in [-0.2, 0) is 5.41 Å². The maximum atomic E-state index is 6.31. The van der Waals surface area contributed by atoms with Crippen molar-refractivity contribution in [3.8, 4) is 56.2 Å². The smallest absolute Gasteiger partial charge is 0.160 e. The molecular formula is C43H30N2O. The van der Waals surface area contributed by atoms with E-state index in [0.717, 1.165) is 56.0 Å². The Labute approximate surface area is 267 Å². The summed E-state index contributed by atoms with van der Waals surface area (Å²) in [6, 6.07) is 51.1. The molecule has 1 aliphatic rings. The van der Waals surface area contributed by atoms with Crippen LogP contribution in [0.1, 0.15) is 25.0 Å². The highest BCUT2D eigenvalue weighted by atomic mass is 16.3. The topological polar surface area (TPSA) is 38.9 Å². The van der Waals surface area contributed by atoms with E-state index in [0.29, 0.717) is 0 Å². The lowest BCUT2D eigenvalue weighted by atomic mass is 9.82. The third-order valence-corrected chi connectivity index (χ3v) is 9.50. The molecule has 8 aromatic rings. The molecule has 0 N–H and O–H groups in total. The molecule has 2 heterocycles. The quantitative estimate of drug-likeness (QED) is 0.205. The molecule has 0 saturated heterocycles. The molecule has 9 rings (SSSR count). The zero-order valence-corrected chi connectivity index (χ0v) is 25.7. The van der Waals surface area contributed by atoms with Crippen LogP contribution in [0.3, 0.4) is 0 Å². The Balaban J connectivity index is 1.20. The van der Waals surface area contributed by atoms with Gasteiger partial charge in [-0.1, -0.05) is 129 Å². The maximum Gasteiger partial charge on any atom is 0.160 e. The van der Waals surface area contributed by atoms with Gasteiger partial charge in [-0.25, -0.2) is 9.97 Å². The van der Waals surface area contributed by atoms with Gasteiger partial charge in [-0.2, -0.15) is 0 Å². The van der Waals surface area contributed by atoms with Gasteiger partial charge in [-0.3, -0.25) is 0 Å². The zero-order chi connectivity index (χ0) is 30.8. The lowest BCUT2D eigenvalue weighted by Gasteiger charge is -2.21. The van der Waals surface area contributed by atoms with Crippen LogP contribution in [0.5, 0.6) is 0 Å². The van der Waals surface area contributed by atoms with Crippen LogP contribution in [0.15, 0.2) is 150 Å². The summed E-state index contributed by atoms with van der Waals surface area (Å²) in [6.07, 6.45) is 0. The molecule has 3 heteroatoms. The fourth-order valence-corrected chi connectivity index (χ4v) is 7.16. The molecule has 0 aliphatic heterocycles. The van der Waals surface area contributed by atoms with Crippen molar-refractivity contribution in [3.05, 3.63) is 157 Å². The van der Waals surface area contributed by atoms with Crippen molar-refractivity contribution in [2.24, 2.45) is 0 Å². The Hall–Kier alpha value is -5.80. The molecule has 218 valence electrons. The summed E-state index contributed by atoms with van der Waals surface area (Å²) in [7, 11) is 0. The highest BCUT2D eigenvalue weighted by Gasteiger charge is 2.37. The van der Waals surface area contributed by atoms with Crippen molar-refractivity contribution in [3.63, 3.8) is 0 Å². The lowest BCUT2D eigenvalue weighted by molar-refractivity contribution is 0.656. The van der Waals surface area contributed by atoms with Crippen molar-refractivity contribution < 1.29 is 4.42 Å². The lowest BCUT2D eigenvalue weighted by Crippen LogP contribution is -2.14. The Kier molecular flexibility index (Phi) is 5.85. The summed E-state index contributed by atoms with van der Waals surface area (Å²) in [5, 5.41) is 2.37. The molecule has 2 aromatic heterocycles. The van der Waals surface area contributed by atoms with E-state index in [4.69, 9.17) is 14.4 Å². The minimum Gasteiger partial charge on any atom is -0.456 e. The first-order valence-corrected chi connectivity index (χ1v) is 15.7. The number of rotatable bonds is 4. The first-order chi connectivity index (χ1) is 22.5. The molecule has 0 radical (unpaired) electrons. The summed E-state index contributed by atoms with van der Waals surface area (Å²) >= 11 is 0. The van der Waals surface area contributed by atoms with Gasteiger partial charge in [-0.15, -0.1) is 0 Å². The molecule has 0 atom stereocenters. The van der Waals surface area contributed by atoms with Crippen LogP contribution >= 0.6 is 0 Å². The third-order valence-electron chi connectivity index (χ3n) is 9.50. The zero-order valence-electron chi connectivity index (χ0n) is 25.7. The molecule has 6 aromatic carbocycles. The standard InChI is InChI=1S/C43H30N2O/c1-43(2)34-21-20-30(25-33(34)40-35(43)22-23-39-41(40)32-18-9-10-19-38(32)46-39)29-16-11-17-31(24-29)37-26-36(27-12-5-3-6-13-27)44-42(45-37)28-14-7-4-8-15-28/h3-26H,1-2H3. The minimum absolute atomic E-state index is 0.111. The fourth-order valence-electron chi connectivity index (χ4n) is 7.16. The van der Waals surface area contributed by atoms with Gasteiger partial charge in [0.15, 0.2) is 5.82 Å². The predicted molar refractivity (Wildman–Crippen MR) is 189 cm³/mol. The van der Waals surface area contributed by atoms with Crippen LogP contribution in [0.25, 0.3) is 78.1 Å². The van der Waals surface area contributed by atoms with Gasteiger partial charge in [0.05, 0.1) is 11.4 Å². The number of furan rings is 1. The Morgan fingerprint density at radius 2 is 1.11 bits per heavy atom. The van der Waals surface area contributed by atoms with E-state index in [1.165, 1.54) is 33.2 Å². The number of hydrogen-bond acceptors (Lipinski definition) is 3. The summed E-state index contributed by atoms with van der Waals surface area (Å²) in [6.45, 7) is 4.66. The number of fused-ring (bicyclic) bond motifs is 7. The molecule has 0 amide bonds. The molecule has 1 aliphatic carbocycles. The van der Waals surface area contributed by atoms with E-state index in [9.17, 15) is 0 Å². The first kappa shape index (κ1) is 26.6. The third kappa shape index (κ3) is 4.13. The second-order valence-corrected chi connectivity index (χ2v) is 12.6. The van der Waals surface area contributed by atoms with Crippen molar-refractivity contribution in [1.29, 1.82) is 0 Å². The van der Waals surface area contributed by atoms with Crippen molar-refractivity contribution >= 4 is 21.9 Å². The van der Waals surface area contributed by atoms with Gasteiger partial charge in [0.1, 0.15) is 11.2 Å². The van der Waals surface area contributed by atoms with E-state index in [2.05, 4.69) is 117 Å². The average molecular weight is 591 g/mol. The van der Waals surface area contributed by atoms with Crippen LogP contribution in [0, 0.1) is 0 Å². The van der Waals surface area contributed by atoms with Crippen molar-refractivity contribution in [2.75, 3.05) is 0 Å². The number of para-hydroxylation sites is 1. The second kappa shape index (κ2) is 10.1. The summed E-state index contributed by atoms with van der Waals surface area (Å²) in [5.41, 5.74) is 14.2. The average Bonchev–Trinajstić information content (AvgIpc) is 3.60. The molecule has 0 unspecified atom stereocenters. The molecule has 0 fully saturated rings. The van der Waals surface area contributed by atoms with Gasteiger partial charge < -0.3 is 4.42 Å². The normalized spacial score (nSPS) is 13.2. The number of aromatic nitrogens is 2. The fraction of sp³-hybridized carbons (Fsp3) is 0.0698. The highest BCUT2D eigenvalue weighted by Crippen LogP contribution is 2.53. The molecule has 46 heavy (non-hydrogen) atoms. The molecular weight excluding hydrogens is 560 g/mol. The number of nitrogens with zero attached hydrogens (tertiary/aromatic N) is 2. The van der Waals surface area contributed by atoms with E-state index < -0.39 is 0 Å². The highest BCUT2D eigenvalue weighted by molar-refractivity contribution is 6.15. The monoisotopic (exact) mass is 590 g/mol. The van der Waals surface area contributed by atoms with E-state index in [1.807, 2.05) is 42.5 Å². The van der Waals surface area contributed by atoms with Crippen molar-refractivity contribution in [2.45, 2.75) is 19.3 Å². The van der Waals surface area contributed by atoms with Crippen molar-refractivity contribution in [1.82, 2.24) is 9.97 Å². The van der Waals surface area contributed by atoms with Gasteiger partial charge in [0.25, 0.3) is 0 Å². The molecule has 3 nitrogen and oxygen atoms in total. The van der Waals surface area contributed by atoms with Gasteiger partial charge in [0.2, 0.25) is 0 Å². The van der Waals surface area contributed by atoms with Gasteiger partial charge in [-0.05, 0) is 63.7 Å². The SMILES string of the molecule is CC1(C)c2ccc(-c3cccc(-c4cc(-c5ccccc5)nc(-c5ccccc5)n4)c3)cc2-c2c1ccc1oc3ccccc3c21. The van der Waals surface area contributed by atoms with E-state index in [1.54, 1.807) is 0 Å². The Morgan fingerprint density at radius 3 is 1.91 bits per heavy atom. The maximum absolute atomic E-state index is 6.31. The van der Waals surface area contributed by atoms with Crippen LogP contribution in [0.2, 0.25) is 0 Å². The summed E-state index contributed by atoms with van der Waals surface area (Å²) < 4.78 is 6.31. The van der Waals surface area contributed by atoms with Crippen LogP contribution < -0.4 is 0 Å². The molecule has 0 spiro atoms. The summed E-state index contributed by atoms with van der Waals surface area (Å²) in [4.78, 5) is 10.1. The van der Waals surface area contributed by atoms with Crippen LogP contribution in [-0.4, -0.2) is 9.97 Å².